The van der Waals surface area contributed by atoms with E-state index in [1.807, 2.05) is 12.1 Å². The molecule has 4 nitrogen and oxygen atoms in total. The summed E-state index contributed by atoms with van der Waals surface area (Å²) in [5, 5.41) is 6.66. The van der Waals surface area contributed by atoms with Gasteiger partial charge in [-0.3, -0.25) is 0 Å². The Balaban J connectivity index is 2.07. The van der Waals surface area contributed by atoms with Crippen LogP contribution in [0.15, 0.2) is 29.2 Å². The van der Waals surface area contributed by atoms with Crippen LogP contribution in [0.4, 0.5) is 5.69 Å². The highest BCUT2D eigenvalue weighted by atomic mass is 32.2. The Kier molecular flexibility index (Phi) is 3.69. The van der Waals surface area contributed by atoms with Crippen molar-refractivity contribution in [3.05, 3.63) is 24.3 Å². The van der Waals surface area contributed by atoms with Crippen molar-refractivity contribution in [2.24, 2.45) is 0 Å². The van der Waals surface area contributed by atoms with Gasteiger partial charge < -0.3 is 10.6 Å². The molecule has 1 aliphatic heterocycles. The average Bonchev–Trinajstić information content (AvgIpc) is 2.83. The predicted octanol–water partition coefficient (Wildman–Crippen LogP) is 1.25. The Labute approximate surface area is 102 Å². The van der Waals surface area contributed by atoms with Crippen LogP contribution in [0.3, 0.4) is 0 Å². The topological polar surface area (TPSA) is 58.2 Å². The smallest absolute Gasteiger partial charge is 0.178 e. The van der Waals surface area contributed by atoms with E-state index in [9.17, 15) is 8.42 Å². The number of hydrogen-bond donors (Lipinski definition) is 2. The van der Waals surface area contributed by atoms with Gasteiger partial charge in [0.15, 0.2) is 9.84 Å². The molecule has 1 aromatic carbocycles. The number of rotatable bonds is 4. The van der Waals surface area contributed by atoms with E-state index in [2.05, 4.69) is 10.6 Å². The Bertz CT molecular complexity index is 462. The maximum atomic E-state index is 11.6. The Morgan fingerprint density at radius 2 is 2.06 bits per heavy atom. The molecule has 1 unspecified atom stereocenters. The molecule has 94 valence electrons. The summed E-state index contributed by atoms with van der Waals surface area (Å²) in [5.41, 5.74) is 0.980. The minimum atomic E-state index is -3.08. The first-order chi connectivity index (χ1) is 8.12. The van der Waals surface area contributed by atoms with Crippen molar-refractivity contribution in [1.29, 1.82) is 0 Å². The van der Waals surface area contributed by atoms with Gasteiger partial charge in [0.25, 0.3) is 0 Å². The molecular formula is C12H18N2O2S. The van der Waals surface area contributed by atoms with Crippen molar-refractivity contribution in [1.82, 2.24) is 5.32 Å². The molecule has 0 aromatic heterocycles. The minimum Gasteiger partial charge on any atom is -0.381 e. The first-order valence-corrected chi connectivity index (χ1v) is 7.57. The van der Waals surface area contributed by atoms with Crippen LogP contribution in [-0.4, -0.2) is 33.3 Å². The lowest BCUT2D eigenvalue weighted by atomic mass is 10.2. The normalized spacial score (nSPS) is 20.4. The molecule has 17 heavy (non-hydrogen) atoms. The Hall–Kier alpha value is -1.07. The van der Waals surface area contributed by atoms with Crippen LogP contribution in [0.5, 0.6) is 0 Å². The van der Waals surface area contributed by atoms with Gasteiger partial charge in [-0.05, 0) is 37.2 Å². The summed E-state index contributed by atoms with van der Waals surface area (Å²) in [4.78, 5) is 0.398. The fourth-order valence-corrected chi connectivity index (χ4v) is 2.82. The summed E-state index contributed by atoms with van der Waals surface area (Å²) in [6, 6.07) is 7.46. The van der Waals surface area contributed by atoms with Crippen molar-refractivity contribution in [2.75, 3.05) is 24.2 Å². The zero-order chi connectivity index (χ0) is 12.3. The van der Waals surface area contributed by atoms with Crippen molar-refractivity contribution < 1.29 is 8.42 Å². The van der Waals surface area contributed by atoms with Crippen LogP contribution in [0, 0.1) is 0 Å². The van der Waals surface area contributed by atoms with E-state index in [4.69, 9.17) is 0 Å². The quantitative estimate of drug-likeness (QED) is 0.849. The van der Waals surface area contributed by atoms with Crippen LogP contribution in [0.25, 0.3) is 0 Å². The minimum absolute atomic E-state index is 0.145. The molecule has 0 amide bonds. The molecule has 0 aliphatic carbocycles. The van der Waals surface area contributed by atoms with Crippen LogP contribution < -0.4 is 10.6 Å². The van der Waals surface area contributed by atoms with E-state index in [-0.39, 0.29) is 5.75 Å². The zero-order valence-corrected chi connectivity index (χ0v) is 10.8. The fraction of sp³-hybridized carbons (Fsp3) is 0.500. The first kappa shape index (κ1) is 12.4. The van der Waals surface area contributed by atoms with E-state index >= 15 is 0 Å². The van der Waals surface area contributed by atoms with E-state index in [1.165, 1.54) is 0 Å². The number of hydrogen-bond acceptors (Lipinski definition) is 4. The van der Waals surface area contributed by atoms with Crippen LogP contribution in [0.2, 0.25) is 0 Å². The standard InChI is InChI=1S/C12H18N2O2S/c1-2-17(15,16)12-5-3-10(4-6-12)14-11-7-8-13-9-11/h3-6,11,13-14H,2,7-9H2,1H3. The summed E-state index contributed by atoms with van der Waals surface area (Å²) in [6.07, 6.45) is 1.11. The van der Waals surface area contributed by atoms with Gasteiger partial charge in [0.2, 0.25) is 0 Å². The first-order valence-electron chi connectivity index (χ1n) is 5.92. The monoisotopic (exact) mass is 254 g/mol. The van der Waals surface area contributed by atoms with Crippen molar-refractivity contribution in [3.8, 4) is 0 Å². The largest absolute Gasteiger partial charge is 0.381 e. The molecule has 2 rings (SSSR count). The number of sulfone groups is 1. The molecule has 0 radical (unpaired) electrons. The fourth-order valence-electron chi connectivity index (χ4n) is 1.94. The highest BCUT2D eigenvalue weighted by molar-refractivity contribution is 7.91. The molecular weight excluding hydrogens is 236 g/mol. The van der Waals surface area contributed by atoms with Crippen LogP contribution >= 0.6 is 0 Å². The lowest BCUT2D eigenvalue weighted by Crippen LogP contribution is -2.22. The second-order valence-electron chi connectivity index (χ2n) is 4.26. The molecule has 1 aromatic rings. The van der Waals surface area contributed by atoms with E-state index in [0.717, 1.165) is 25.2 Å². The van der Waals surface area contributed by atoms with Crippen LogP contribution in [0.1, 0.15) is 13.3 Å². The summed E-state index contributed by atoms with van der Waals surface area (Å²) in [6.45, 7) is 3.67. The summed E-state index contributed by atoms with van der Waals surface area (Å²) < 4.78 is 23.3. The van der Waals surface area contributed by atoms with Gasteiger partial charge in [0.05, 0.1) is 10.6 Å². The van der Waals surface area contributed by atoms with Crippen molar-refractivity contribution >= 4 is 15.5 Å². The third-order valence-electron chi connectivity index (χ3n) is 3.02. The highest BCUT2D eigenvalue weighted by Gasteiger charge is 2.14. The summed E-state index contributed by atoms with van der Waals surface area (Å²) >= 11 is 0. The second-order valence-corrected chi connectivity index (χ2v) is 6.54. The van der Waals surface area contributed by atoms with Gasteiger partial charge >= 0.3 is 0 Å². The van der Waals surface area contributed by atoms with E-state index in [0.29, 0.717) is 10.9 Å². The molecule has 0 saturated carbocycles. The van der Waals surface area contributed by atoms with Crippen molar-refractivity contribution in [2.45, 2.75) is 24.3 Å². The third-order valence-corrected chi connectivity index (χ3v) is 4.78. The second kappa shape index (κ2) is 5.06. The molecule has 1 fully saturated rings. The van der Waals surface area contributed by atoms with Crippen LogP contribution in [-0.2, 0) is 9.84 Å². The van der Waals surface area contributed by atoms with Crippen molar-refractivity contribution in [3.63, 3.8) is 0 Å². The number of benzene rings is 1. The summed E-state index contributed by atoms with van der Waals surface area (Å²) in [7, 11) is -3.08. The number of nitrogens with one attached hydrogen (secondary N) is 2. The molecule has 2 N–H and O–H groups in total. The Morgan fingerprint density at radius 1 is 1.35 bits per heavy atom. The lowest BCUT2D eigenvalue weighted by molar-refractivity contribution is 0.597. The summed E-state index contributed by atoms with van der Waals surface area (Å²) in [5.74, 6) is 0.145. The van der Waals surface area contributed by atoms with Gasteiger partial charge in [-0.1, -0.05) is 6.92 Å². The van der Waals surface area contributed by atoms with Gasteiger partial charge in [-0.15, -0.1) is 0 Å². The van der Waals surface area contributed by atoms with E-state index < -0.39 is 9.84 Å². The molecule has 1 atom stereocenters. The van der Waals surface area contributed by atoms with Gasteiger partial charge in [0.1, 0.15) is 0 Å². The third kappa shape index (κ3) is 2.98. The number of anilines is 1. The maximum absolute atomic E-state index is 11.6. The predicted molar refractivity (Wildman–Crippen MR) is 69.1 cm³/mol. The molecule has 1 saturated heterocycles. The van der Waals surface area contributed by atoms with Gasteiger partial charge in [-0.25, -0.2) is 8.42 Å². The lowest BCUT2D eigenvalue weighted by Gasteiger charge is -2.13. The van der Waals surface area contributed by atoms with Gasteiger partial charge in [-0.2, -0.15) is 0 Å². The molecule has 0 spiro atoms. The maximum Gasteiger partial charge on any atom is 0.178 e. The zero-order valence-electron chi connectivity index (χ0n) is 9.94. The van der Waals surface area contributed by atoms with Gasteiger partial charge in [0, 0.05) is 18.3 Å². The highest BCUT2D eigenvalue weighted by Crippen LogP contribution is 2.17. The van der Waals surface area contributed by atoms with E-state index in [1.54, 1.807) is 19.1 Å². The average molecular weight is 254 g/mol. The molecule has 1 aliphatic rings. The Morgan fingerprint density at radius 3 is 2.59 bits per heavy atom. The molecule has 5 heteroatoms. The molecule has 0 bridgehead atoms. The molecule has 1 heterocycles. The SMILES string of the molecule is CCS(=O)(=O)c1ccc(NC2CCNC2)cc1.